The summed E-state index contributed by atoms with van der Waals surface area (Å²) in [4.78, 5) is 11.4. The van der Waals surface area contributed by atoms with Crippen LogP contribution in [0.15, 0.2) is 0 Å². The minimum atomic E-state index is 0.0998. The highest BCUT2D eigenvalue weighted by molar-refractivity contribution is 6.31. The molecule has 0 spiro atoms. The van der Waals surface area contributed by atoms with Crippen LogP contribution in [0, 0.1) is 0 Å². The van der Waals surface area contributed by atoms with Gasteiger partial charge in [0.1, 0.15) is 0 Å². The Morgan fingerprint density at radius 2 is 1.60 bits per heavy atom. The molecule has 0 aliphatic carbocycles. The fourth-order valence-electron chi connectivity index (χ4n) is 0.908. The van der Waals surface area contributed by atoms with Crippen molar-refractivity contribution in [3.63, 3.8) is 0 Å². The topological polar surface area (TPSA) is 50.7 Å². The standard InChI is InChI=1S/C8H14Cl2N5/c1-15(2,3)5-4-11-8-13-6(9)12-7(10)14-8/h4-5H2,1-3H3,(H,11,12,13,14)/q+1. The molecule has 0 atom stereocenters. The summed E-state index contributed by atoms with van der Waals surface area (Å²) in [6.45, 7) is 1.70. The molecule has 1 aromatic rings. The van der Waals surface area contributed by atoms with E-state index in [1.807, 2.05) is 0 Å². The molecule has 0 saturated carbocycles. The minimum Gasteiger partial charge on any atom is -0.348 e. The van der Waals surface area contributed by atoms with Crippen LogP contribution in [0.25, 0.3) is 0 Å². The molecule has 0 aromatic carbocycles. The lowest BCUT2D eigenvalue weighted by molar-refractivity contribution is -0.868. The highest BCUT2D eigenvalue weighted by Crippen LogP contribution is 2.09. The molecule has 0 bridgehead atoms. The van der Waals surface area contributed by atoms with Crippen LogP contribution < -0.4 is 5.32 Å². The maximum Gasteiger partial charge on any atom is 0.228 e. The van der Waals surface area contributed by atoms with Crippen molar-refractivity contribution in [3.8, 4) is 0 Å². The quantitative estimate of drug-likeness (QED) is 0.819. The Morgan fingerprint density at radius 3 is 2.07 bits per heavy atom. The molecule has 1 N–H and O–H groups in total. The van der Waals surface area contributed by atoms with Crippen molar-refractivity contribution in [2.45, 2.75) is 0 Å². The van der Waals surface area contributed by atoms with Crippen LogP contribution >= 0.6 is 23.2 Å². The van der Waals surface area contributed by atoms with Gasteiger partial charge in [-0.15, -0.1) is 0 Å². The highest BCUT2D eigenvalue weighted by atomic mass is 35.5. The molecule has 7 heteroatoms. The summed E-state index contributed by atoms with van der Waals surface area (Å²) in [6, 6.07) is 0. The van der Waals surface area contributed by atoms with Gasteiger partial charge in [-0.1, -0.05) is 0 Å². The second kappa shape index (κ2) is 4.92. The van der Waals surface area contributed by atoms with Gasteiger partial charge in [0.05, 0.1) is 34.2 Å². The lowest BCUT2D eigenvalue weighted by atomic mass is 10.5. The Hall–Kier alpha value is -0.650. The third-order valence-electron chi connectivity index (χ3n) is 1.65. The van der Waals surface area contributed by atoms with Gasteiger partial charge in [-0.2, -0.15) is 15.0 Å². The number of hydrogen-bond acceptors (Lipinski definition) is 4. The molecular weight excluding hydrogens is 237 g/mol. The van der Waals surface area contributed by atoms with E-state index in [4.69, 9.17) is 23.2 Å². The van der Waals surface area contributed by atoms with Crippen molar-refractivity contribution >= 4 is 29.2 Å². The van der Waals surface area contributed by atoms with E-state index in [1.165, 1.54) is 0 Å². The Balaban J connectivity index is 2.51. The molecule has 0 amide bonds. The summed E-state index contributed by atoms with van der Waals surface area (Å²) in [5.41, 5.74) is 0. The number of aromatic nitrogens is 3. The van der Waals surface area contributed by atoms with Crippen LogP contribution in [-0.2, 0) is 0 Å². The van der Waals surface area contributed by atoms with E-state index in [1.54, 1.807) is 0 Å². The summed E-state index contributed by atoms with van der Waals surface area (Å²) in [5, 5.41) is 3.24. The van der Waals surface area contributed by atoms with Gasteiger partial charge in [0.2, 0.25) is 16.5 Å². The molecular formula is C8H14Cl2N5+. The molecule has 0 radical (unpaired) electrons. The van der Waals surface area contributed by atoms with Gasteiger partial charge in [0, 0.05) is 0 Å². The molecule has 84 valence electrons. The molecule has 0 unspecified atom stereocenters. The first-order valence-electron chi connectivity index (χ1n) is 4.48. The second-order valence-corrected chi connectivity index (χ2v) is 4.81. The van der Waals surface area contributed by atoms with Gasteiger partial charge in [0.15, 0.2) is 0 Å². The van der Waals surface area contributed by atoms with Crippen LogP contribution in [0.4, 0.5) is 5.95 Å². The van der Waals surface area contributed by atoms with E-state index in [-0.39, 0.29) is 10.6 Å². The summed E-state index contributed by atoms with van der Waals surface area (Å²) in [7, 11) is 6.32. The number of quaternary nitrogens is 1. The average molecular weight is 251 g/mol. The van der Waals surface area contributed by atoms with Gasteiger partial charge in [-0.25, -0.2) is 0 Å². The van der Waals surface area contributed by atoms with Crippen molar-refractivity contribution < 1.29 is 4.48 Å². The van der Waals surface area contributed by atoms with Gasteiger partial charge in [0.25, 0.3) is 0 Å². The van der Waals surface area contributed by atoms with Crippen LogP contribution in [0.3, 0.4) is 0 Å². The highest BCUT2D eigenvalue weighted by Gasteiger charge is 2.07. The average Bonchev–Trinajstić information content (AvgIpc) is 1.99. The molecule has 15 heavy (non-hydrogen) atoms. The van der Waals surface area contributed by atoms with Gasteiger partial charge in [-0.3, -0.25) is 0 Å². The number of nitrogens with one attached hydrogen (secondary N) is 1. The Labute approximate surface area is 99.0 Å². The molecule has 1 aromatic heterocycles. The van der Waals surface area contributed by atoms with Crippen LogP contribution in [0.2, 0.25) is 10.6 Å². The summed E-state index contributed by atoms with van der Waals surface area (Å²) in [6.07, 6.45) is 0. The predicted octanol–water partition coefficient (Wildman–Crippen LogP) is 1.30. The minimum absolute atomic E-state index is 0.0998. The van der Waals surface area contributed by atoms with Gasteiger partial charge >= 0.3 is 0 Å². The third kappa shape index (κ3) is 5.11. The number of rotatable bonds is 4. The summed E-state index contributed by atoms with van der Waals surface area (Å²) >= 11 is 11.3. The zero-order chi connectivity index (χ0) is 11.5. The smallest absolute Gasteiger partial charge is 0.228 e. The third-order valence-corrected chi connectivity index (χ3v) is 1.98. The van der Waals surface area contributed by atoms with E-state index in [2.05, 4.69) is 41.4 Å². The second-order valence-electron chi connectivity index (χ2n) is 4.14. The SMILES string of the molecule is C[N+](C)(C)CCNc1nc(Cl)nc(Cl)n1. The van der Waals surface area contributed by atoms with Crippen molar-refractivity contribution in [1.29, 1.82) is 0 Å². The van der Waals surface area contributed by atoms with Crippen LogP contribution in [0.1, 0.15) is 0 Å². The lowest BCUT2D eigenvalue weighted by Gasteiger charge is -2.23. The largest absolute Gasteiger partial charge is 0.348 e. The zero-order valence-corrected chi connectivity index (χ0v) is 10.5. The molecule has 1 heterocycles. The first-order valence-corrected chi connectivity index (χ1v) is 5.24. The van der Waals surface area contributed by atoms with E-state index in [0.29, 0.717) is 5.95 Å². The maximum atomic E-state index is 5.63. The normalized spacial score (nSPS) is 11.5. The Morgan fingerprint density at radius 1 is 1.07 bits per heavy atom. The van der Waals surface area contributed by atoms with Gasteiger partial charge < -0.3 is 9.80 Å². The van der Waals surface area contributed by atoms with Gasteiger partial charge in [-0.05, 0) is 23.2 Å². The van der Waals surface area contributed by atoms with Crippen molar-refractivity contribution in [3.05, 3.63) is 10.6 Å². The fourth-order valence-corrected chi connectivity index (χ4v) is 1.27. The molecule has 0 saturated heterocycles. The molecule has 1 rings (SSSR count). The van der Waals surface area contributed by atoms with Crippen LogP contribution in [-0.4, -0.2) is 53.7 Å². The Bertz CT molecular complexity index is 316. The van der Waals surface area contributed by atoms with Crippen molar-refractivity contribution in [1.82, 2.24) is 15.0 Å². The summed E-state index contributed by atoms with van der Waals surface area (Å²) in [5.74, 6) is 0.411. The number of halogens is 2. The number of likely N-dealkylation sites (N-methyl/N-ethyl adjacent to an activating group) is 1. The first-order chi connectivity index (χ1) is 6.87. The van der Waals surface area contributed by atoms with E-state index >= 15 is 0 Å². The fraction of sp³-hybridized carbons (Fsp3) is 0.625. The van der Waals surface area contributed by atoms with E-state index < -0.39 is 0 Å². The van der Waals surface area contributed by atoms with Crippen LogP contribution in [0.5, 0.6) is 0 Å². The first kappa shape index (κ1) is 12.4. The molecule has 0 aliphatic rings. The predicted molar refractivity (Wildman–Crippen MR) is 61.2 cm³/mol. The van der Waals surface area contributed by atoms with E-state index in [9.17, 15) is 0 Å². The summed E-state index contributed by atoms with van der Waals surface area (Å²) < 4.78 is 0.861. The molecule has 0 fully saturated rings. The van der Waals surface area contributed by atoms with E-state index in [0.717, 1.165) is 17.6 Å². The lowest BCUT2D eigenvalue weighted by Crippen LogP contribution is -2.38. The number of anilines is 1. The van der Waals surface area contributed by atoms with Crippen molar-refractivity contribution in [2.75, 3.05) is 39.5 Å². The molecule has 5 nitrogen and oxygen atoms in total. The zero-order valence-electron chi connectivity index (χ0n) is 8.96. The molecule has 0 aliphatic heterocycles. The number of nitrogens with zero attached hydrogens (tertiary/aromatic N) is 4. The number of hydrogen-bond donors (Lipinski definition) is 1. The maximum absolute atomic E-state index is 5.63. The Kier molecular flexibility index (Phi) is 4.07. The monoisotopic (exact) mass is 250 g/mol. The van der Waals surface area contributed by atoms with Crippen molar-refractivity contribution in [2.24, 2.45) is 0 Å².